The van der Waals surface area contributed by atoms with Gasteiger partial charge in [-0.2, -0.15) is 16.8 Å². The molecule has 20 heavy (non-hydrogen) atoms. The van der Waals surface area contributed by atoms with Crippen molar-refractivity contribution in [3.8, 4) is 5.75 Å². The molecule has 1 aromatic rings. The van der Waals surface area contributed by atoms with Gasteiger partial charge in [-0.25, -0.2) is 0 Å². The fourth-order valence-corrected chi connectivity index (χ4v) is 1.23. The highest BCUT2D eigenvalue weighted by molar-refractivity contribution is 7.85. The van der Waals surface area contributed by atoms with Crippen LogP contribution >= 0.6 is 0 Å². The van der Waals surface area contributed by atoms with Gasteiger partial charge in [0.2, 0.25) is 0 Å². The maximum atomic E-state index is 10.8. The van der Waals surface area contributed by atoms with Crippen molar-refractivity contribution in [2.24, 2.45) is 5.73 Å². The Bertz CT molecular complexity index is 665. The zero-order chi connectivity index (χ0) is 16.0. The second-order valence-electron chi connectivity index (χ2n) is 3.24. The molecule has 114 valence electrons. The van der Waals surface area contributed by atoms with Crippen LogP contribution in [0.4, 0.5) is 0 Å². The van der Waals surface area contributed by atoms with Gasteiger partial charge in [-0.15, -0.1) is 0 Å². The molecule has 0 aromatic heterocycles. The number of hydrogen-bond acceptors (Lipinski definition) is 6. The average molecular weight is 327 g/mol. The monoisotopic (exact) mass is 327 g/mol. The van der Waals surface area contributed by atoms with Gasteiger partial charge < -0.3 is 9.92 Å². The molecule has 0 heterocycles. The third-order valence-electron chi connectivity index (χ3n) is 1.71. The van der Waals surface area contributed by atoms with E-state index in [1.54, 1.807) is 0 Å². The summed E-state index contributed by atoms with van der Waals surface area (Å²) in [5, 5.41) is 0. The van der Waals surface area contributed by atoms with Crippen molar-refractivity contribution in [3.63, 3.8) is 0 Å². The maximum Gasteiger partial charge on any atom is 0.446 e. The Balaban J connectivity index is 0.000000511. The number of benzene rings is 1. The lowest BCUT2D eigenvalue weighted by Gasteiger charge is -2.04. The molecule has 0 saturated heterocycles. The number of amides is 1. The first-order valence-corrected chi connectivity index (χ1v) is 7.94. The van der Waals surface area contributed by atoms with E-state index in [1.807, 2.05) is 0 Å². The predicted molar refractivity (Wildman–Crippen MR) is 69.2 cm³/mol. The van der Waals surface area contributed by atoms with Crippen LogP contribution in [0.1, 0.15) is 17.3 Å². The summed E-state index contributed by atoms with van der Waals surface area (Å²) in [5.74, 6) is -1.35. The summed E-state index contributed by atoms with van der Waals surface area (Å²) in [5.41, 5.74) is 4.82. The molecule has 0 radical (unpaired) electrons. The van der Waals surface area contributed by atoms with Crippen molar-refractivity contribution in [1.29, 1.82) is 0 Å². The summed E-state index contributed by atoms with van der Waals surface area (Å²) in [6.45, 7) is 1.37. The molecule has 0 fully saturated rings. The van der Waals surface area contributed by atoms with Crippen molar-refractivity contribution < 1.29 is 34.9 Å². The van der Waals surface area contributed by atoms with Gasteiger partial charge in [-0.05, 0) is 19.1 Å². The summed E-state index contributed by atoms with van der Waals surface area (Å²) < 4.78 is 60.1. The smallest absolute Gasteiger partial charge is 0.365 e. The van der Waals surface area contributed by atoms with Gasteiger partial charge in [0.05, 0.1) is 11.3 Å². The third kappa shape index (κ3) is 8.42. The van der Waals surface area contributed by atoms with Crippen LogP contribution in [0, 0.1) is 0 Å². The van der Waals surface area contributed by atoms with Crippen LogP contribution in [0.3, 0.4) is 0 Å². The zero-order valence-electron chi connectivity index (χ0n) is 10.3. The van der Waals surface area contributed by atoms with E-state index in [0.29, 0.717) is 0 Å². The summed E-state index contributed by atoms with van der Waals surface area (Å²) in [6, 6.07) is 5.40. The standard InChI is InChI=1S/C7H7NO5S.C2H6O3S/c8-7(9)5-3-1-2-4-6(5)13-14(10,11)12;1-2-6(3,4)5/h1-4H,(H2,8,9)(H,10,11,12);2H2,1H3,(H,3,4,5). The van der Waals surface area contributed by atoms with Crippen LogP contribution in [0.25, 0.3) is 0 Å². The summed E-state index contributed by atoms with van der Waals surface area (Å²) in [6.07, 6.45) is 0. The van der Waals surface area contributed by atoms with Gasteiger partial charge in [0, 0.05) is 0 Å². The number of carbonyl (C=O) groups is 1. The molecular weight excluding hydrogens is 314 g/mol. The molecule has 0 atom stereocenters. The van der Waals surface area contributed by atoms with Crippen molar-refractivity contribution in [1.82, 2.24) is 0 Å². The molecule has 9 nitrogen and oxygen atoms in total. The normalized spacial score (nSPS) is 11.2. The molecule has 1 rings (SSSR count). The fourth-order valence-electron chi connectivity index (χ4n) is 0.856. The first-order chi connectivity index (χ1) is 8.96. The Hall–Kier alpha value is -1.69. The highest BCUT2D eigenvalue weighted by Crippen LogP contribution is 2.18. The molecular formula is C9H13NO8S2. The lowest BCUT2D eigenvalue weighted by molar-refractivity contribution is 0.0999. The third-order valence-corrected chi connectivity index (χ3v) is 2.83. The SMILES string of the molecule is CCS(=O)(=O)O.NC(=O)c1ccccc1OS(=O)(=O)O. The Morgan fingerprint density at radius 1 is 1.20 bits per heavy atom. The van der Waals surface area contributed by atoms with Crippen LogP contribution < -0.4 is 9.92 Å². The van der Waals surface area contributed by atoms with Crippen LogP contribution in [-0.4, -0.2) is 37.6 Å². The number of para-hydroxylation sites is 1. The van der Waals surface area contributed by atoms with E-state index in [0.717, 1.165) is 0 Å². The van der Waals surface area contributed by atoms with Gasteiger partial charge >= 0.3 is 10.4 Å². The van der Waals surface area contributed by atoms with E-state index < -0.39 is 26.4 Å². The highest BCUT2D eigenvalue weighted by Gasteiger charge is 2.13. The van der Waals surface area contributed by atoms with E-state index in [2.05, 4.69) is 4.18 Å². The molecule has 0 spiro atoms. The van der Waals surface area contributed by atoms with Crippen LogP contribution in [0.5, 0.6) is 5.75 Å². The number of rotatable bonds is 4. The Morgan fingerprint density at radius 2 is 1.65 bits per heavy atom. The fraction of sp³-hybridized carbons (Fsp3) is 0.222. The number of nitrogens with two attached hydrogens (primary N) is 1. The van der Waals surface area contributed by atoms with Gasteiger partial charge in [-0.3, -0.25) is 13.9 Å². The topological polar surface area (TPSA) is 161 Å². The molecule has 0 aliphatic rings. The highest BCUT2D eigenvalue weighted by atomic mass is 32.3. The van der Waals surface area contributed by atoms with E-state index in [1.165, 1.54) is 31.2 Å². The van der Waals surface area contributed by atoms with Crippen molar-refractivity contribution in [2.75, 3.05) is 5.75 Å². The number of hydrogen-bond donors (Lipinski definition) is 3. The molecule has 0 bridgehead atoms. The van der Waals surface area contributed by atoms with Gasteiger partial charge in [0.15, 0.2) is 5.75 Å². The van der Waals surface area contributed by atoms with Crippen LogP contribution in [-0.2, 0) is 20.5 Å². The average Bonchev–Trinajstić information content (AvgIpc) is 2.27. The molecule has 0 aliphatic carbocycles. The quantitative estimate of drug-likeness (QED) is 0.644. The van der Waals surface area contributed by atoms with E-state index in [-0.39, 0.29) is 17.1 Å². The Labute approximate surface area is 116 Å². The summed E-state index contributed by atoms with van der Waals surface area (Å²) in [7, 11) is -8.30. The number of carbonyl (C=O) groups excluding carboxylic acids is 1. The van der Waals surface area contributed by atoms with Gasteiger partial charge in [0.1, 0.15) is 0 Å². The first-order valence-electron chi connectivity index (χ1n) is 4.97. The van der Waals surface area contributed by atoms with Crippen molar-refractivity contribution in [2.45, 2.75) is 6.92 Å². The Kier molecular flexibility index (Phi) is 6.58. The molecule has 1 aromatic carbocycles. The van der Waals surface area contributed by atoms with Crippen LogP contribution in [0.2, 0.25) is 0 Å². The minimum Gasteiger partial charge on any atom is -0.365 e. The van der Waals surface area contributed by atoms with Gasteiger partial charge in [0.25, 0.3) is 16.0 Å². The second kappa shape index (κ2) is 7.19. The number of primary amides is 1. The predicted octanol–water partition coefficient (Wildman–Crippen LogP) is -0.139. The van der Waals surface area contributed by atoms with E-state index in [4.69, 9.17) is 14.8 Å². The van der Waals surface area contributed by atoms with E-state index in [9.17, 15) is 21.6 Å². The van der Waals surface area contributed by atoms with E-state index >= 15 is 0 Å². The van der Waals surface area contributed by atoms with Gasteiger partial charge in [-0.1, -0.05) is 12.1 Å². The second-order valence-corrected chi connectivity index (χ2v) is 6.01. The first kappa shape index (κ1) is 18.3. The lowest BCUT2D eigenvalue weighted by Crippen LogP contribution is -2.15. The molecule has 0 aliphatic heterocycles. The molecule has 1 amide bonds. The molecule has 0 unspecified atom stereocenters. The lowest BCUT2D eigenvalue weighted by atomic mass is 10.2. The minimum absolute atomic E-state index is 0.120. The van der Waals surface area contributed by atoms with Crippen molar-refractivity contribution >= 4 is 26.4 Å². The Morgan fingerprint density at radius 3 is 2.00 bits per heavy atom. The van der Waals surface area contributed by atoms with Crippen molar-refractivity contribution in [3.05, 3.63) is 29.8 Å². The largest absolute Gasteiger partial charge is 0.446 e. The summed E-state index contributed by atoms with van der Waals surface area (Å²) >= 11 is 0. The molecule has 11 heteroatoms. The zero-order valence-corrected chi connectivity index (χ0v) is 11.9. The minimum atomic E-state index is -4.64. The summed E-state index contributed by atoms with van der Waals surface area (Å²) in [4.78, 5) is 10.8. The van der Waals surface area contributed by atoms with Crippen LogP contribution in [0.15, 0.2) is 24.3 Å². The molecule has 4 N–H and O–H groups in total. The molecule has 0 saturated carbocycles. The maximum absolute atomic E-state index is 10.8.